The molecule has 0 aliphatic heterocycles. The summed E-state index contributed by atoms with van der Waals surface area (Å²) in [5.41, 5.74) is 0.939. The summed E-state index contributed by atoms with van der Waals surface area (Å²) in [7, 11) is -3.09. The molecule has 0 saturated heterocycles. The lowest BCUT2D eigenvalue weighted by Gasteiger charge is -2.07. The Morgan fingerprint density at radius 2 is 1.82 bits per heavy atom. The van der Waals surface area contributed by atoms with Crippen LogP contribution < -0.4 is 5.32 Å². The Morgan fingerprint density at radius 1 is 1.18 bits per heavy atom. The molecule has 0 aliphatic rings. The van der Waals surface area contributed by atoms with Gasteiger partial charge in [-0.25, -0.2) is 8.42 Å². The van der Waals surface area contributed by atoms with Crippen LogP contribution in [-0.2, 0) is 9.84 Å². The molecule has 0 spiro atoms. The molecule has 1 N–H and O–H groups in total. The standard InChI is InChI=1S/C12H18ClNO2S/c1-2-17(15,16)12-7-5-11(6-8-12)14-10-4-3-9-13/h5-8,14H,2-4,9-10H2,1H3. The Bertz CT molecular complexity index is 428. The first-order valence-electron chi connectivity index (χ1n) is 5.73. The minimum absolute atomic E-state index is 0.134. The summed E-state index contributed by atoms with van der Waals surface area (Å²) in [5, 5.41) is 3.22. The molecular formula is C12H18ClNO2S. The number of anilines is 1. The molecular weight excluding hydrogens is 258 g/mol. The summed E-state index contributed by atoms with van der Waals surface area (Å²) in [4.78, 5) is 0.381. The third-order valence-electron chi connectivity index (χ3n) is 2.48. The van der Waals surface area contributed by atoms with Crippen molar-refractivity contribution in [3.05, 3.63) is 24.3 Å². The zero-order valence-corrected chi connectivity index (χ0v) is 11.5. The van der Waals surface area contributed by atoms with Gasteiger partial charge in [0, 0.05) is 18.1 Å². The number of benzene rings is 1. The summed E-state index contributed by atoms with van der Waals surface area (Å²) >= 11 is 5.58. The zero-order chi connectivity index (χ0) is 12.7. The Hall–Kier alpha value is -0.740. The van der Waals surface area contributed by atoms with Gasteiger partial charge < -0.3 is 5.32 Å². The number of hydrogen-bond donors (Lipinski definition) is 1. The van der Waals surface area contributed by atoms with Crippen molar-refractivity contribution in [2.45, 2.75) is 24.7 Å². The fourth-order valence-corrected chi connectivity index (χ4v) is 2.47. The summed E-state index contributed by atoms with van der Waals surface area (Å²) in [6.07, 6.45) is 2.00. The van der Waals surface area contributed by atoms with Crippen molar-refractivity contribution < 1.29 is 8.42 Å². The molecule has 0 saturated carbocycles. The van der Waals surface area contributed by atoms with Crippen molar-refractivity contribution in [3.8, 4) is 0 Å². The molecule has 0 amide bonds. The molecule has 1 aromatic carbocycles. The molecule has 0 heterocycles. The lowest BCUT2D eigenvalue weighted by atomic mass is 10.3. The maximum absolute atomic E-state index is 11.6. The normalized spacial score (nSPS) is 11.4. The van der Waals surface area contributed by atoms with Crippen LogP contribution in [0.5, 0.6) is 0 Å². The van der Waals surface area contributed by atoms with E-state index in [0.717, 1.165) is 25.1 Å². The van der Waals surface area contributed by atoms with E-state index in [2.05, 4.69) is 5.32 Å². The average Bonchev–Trinajstić information content (AvgIpc) is 2.35. The smallest absolute Gasteiger partial charge is 0.178 e. The van der Waals surface area contributed by atoms with Gasteiger partial charge in [0.15, 0.2) is 9.84 Å². The highest BCUT2D eigenvalue weighted by Crippen LogP contribution is 2.15. The van der Waals surface area contributed by atoms with Crippen molar-refractivity contribution in [1.82, 2.24) is 0 Å². The van der Waals surface area contributed by atoms with Gasteiger partial charge >= 0.3 is 0 Å². The largest absolute Gasteiger partial charge is 0.385 e. The Labute approximate surface area is 108 Å². The molecule has 0 atom stereocenters. The van der Waals surface area contributed by atoms with Gasteiger partial charge in [-0.1, -0.05) is 6.92 Å². The Balaban J connectivity index is 2.57. The second kappa shape index (κ2) is 6.87. The van der Waals surface area contributed by atoms with E-state index in [1.807, 2.05) is 0 Å². The third kappa shape index (κ3) is 4.56. The van der Waals surface area contributed by atoms with Crippen molar-refractivity contribution in [3.63, 3.8) is 0 Å². The SMILES string of the molecule is CCS(=O)(=O)c1ccc(NCCCCCl)cc1. The van der Waals surface area contributed by atoms with E-state index in [4.69, 9.17) is 11.6 Å². The Morgan fingerprint density at radius 3 is 2.35 bits per heavy atom. The average molecular weight is 276 g/mol. The summed E-state index contributed by atoms with van der Waals surface area (Å²) in [6.45, 7) is 2.50. The van der Waals surface area contributed by atoms with Crippen LogP contribution in [0, 0.1) is 0 Å². The first kappa shape index (κ1) is 14.3. The quantitative estimate of drug-likeness (QED) is 0.615. The molecule has 96 valence electrons. The van der Waals surface area contributed by atoms with Gasteiger partial charge in [-0.05, 0) is 37.1 Å². The van der Waals surface area contributed by atoms with E-state index in [0.29, 0.717) is 10.8 Å². The van der Waals surface area contributed by atoms with Crippen LogP contribution >= 0.6 is 11.6 Å². The molecule has 0 radical (unpaired) electrons. The van der Waals surface area contributed by atoms with Crippen LogP contribution in [0.15, 0.2) is 29.2 Å². The number of sulfone groups is 1. The number of unbranched alkanes of at least 4 members (excludes halogenated alkanes) is 1. The number of hydrogen-bond acceptors (Lipinski definition) is 3. The number of halogens is 1. The van der Waals surface area contributed by atoms with E-state index in [9.17, 15) is 8.42 Å². The minimum atomic E-state index is -3.09. The van der Waals surface area contributed by atoms with E-state index in [-0.39, 0.29) is 5.75 Å². The van der Waals surface area contributed by atoms with E-state index >= 15 is 0 Å². The number of nitrogens with one attached hydrogen (secondary N) is 1. The van der Waals surface area contributed by atoms with Crippen LogP contribution in [0.4, 0.5) is 5.69 Å². The topological polar surface area (TPSA) is 46.2 Å². The first-order chi connectivity index (χ1) is 8.10. The number of alkyl halides is 1. The maximum atomic E-state index is 11.6. The highest BCUT2D eigenvalue weighted by Gasteiger charge is 2.10. The van der Waals surface area contributed by atoms with Crippen molar-refractivity contribution in [2.75, 3.05) is 23.5 Å². The fraction of sp³-hybridized carbons (Fsp3) is 0.500. The number of rotatable bonds is 7. The second-order valence-electron chi connectivity index (χ2n) is 3.75. The van der Waals surface area contributed by atoms with Gasteiger partial charge in [0.2, 0.25) is 0 Å². The van der Waals surface area contributed by atoms with E-state index < -0.39 is 9.84 Å². The van der Waals surface area contributed by atoms with Crippen LogP contribution in [-0.4, -0.2) is 26.6 Å². The van der Waals surface area contributed by atoms with Crippen LogP contribution in [0.3, 0.4) is 0 Å². The second-order valence-corrected chi connectivity index (χ2v) is 6.41. The molecule has 5 heteroatoms. The predicted molar refractivity (Wildman–Crippen MR) is 72.6 cm³/mol. The lowest BCUT2D eigenvalue weighted by Crippen LogP contribution is -2.05. The van der Waals surface area contributed by atoms with Gasteiger partial charge in [0.05, 0.1) is 10.6 Å². The van der Waals surface area contributed by atoms with Crippen LogP contribution in [0.2, 0.25) is 0 Å². The van der Waals surface area contributed by atoms with Gasteiger partial charge in [-0.3, -0.25) is 0 Å². The molecule has 0 aromatic heterocycles. The molecule has 0 aliphatic carbocycles. The van der Waals surface area contributed by atoms with Gasteiger partial charge in [0.1, 0.15) is 0 Å². The molecule has 0 bridgehead atoms. The van der Waals surface area contributed by atoms with E-state index in [1.54, 1.807) is 31.2 Å². The highest BCUT2D eigenvalue weighted by atomic mass is 35.5. The van der Waals surface area contributed by atoms with Gasteiger partial charge in [-0.15, -0.1) is 11.6 Å². The summed E-state index contributed by atoms with van der Waals surface area (Å²) < 4.78 is 23.2. The first-order valence-corrected chi connectivity index (χ1v) is 7.91. The summed E-state index contributed by atoms with van der Waals surface area (Å²) in [5.74, 6) is 0.810. The predicted octanol–water partition coefficient (Wildman–Crippen LogP) is 2.91. The van der Waals surface area contributed by atoms with Crippen molar-refractivity contribution in [1.29, 1.82) is 0 Å². The summed E-state index contributed by atoms with van der Waals surface area (Å²) in [6, 6.07) is 6.87. The molecule has 0 unspecified atom stereocenters. The fourth-order valence-electron chi connectivity index (χ4n) is 1.40. The van der Waals surface area contributed by atoms with Crippen molar-refractivity contribution in [2.24, 2.45) is 0 Å². The van der Waals surface area contributed by atoms with Gasteiger partial charge in [0.25, 0.3) is 0 Å². The van der Waals surface area contributed by atoms with Crippen molar-refractivity contribution >= 4 is 27.1 Å². The monoisotopic (exact) mass is 275 g/mol. The van der Waals surface area contributed by atoms with Gasteiger partial charge in [-0.2, -0.15) is 0 Å². The Kier molecular flexibility index (Phi) is 5.78. The minimum Gasteiger partial charge on any atom is -0.385 e. The third-order valence-corrected chi connectivity index (χ3v) is 4.50. The molecule has 17 heavy (non-hydrogen) atoms. The molecule has 1 aromatic rings. The highest BCUT2D eigenvalue weighted by molar-refractivity contribution is 7.91. The lowest BCUT2D eigenvalue weighted by molar-refractivity contribution is 0.597. The molecule has 1 rings (SSSR count). The van der Waals surface area contributed by atoms with E-state index in [1.165, 1.54) is 0 Å². The molecule has 3 nitrogen and oxygen atoms in total. The maximum Gasteiger partial charge on any atom is 0.178 e. The van der Waals surface area contributed by atoms with Crippen LogP contribution in [0.25, 0.3) is 0 Å². The zero-order valence-electron chi connectivity index (χ0n) is 9.95. The van der Waals surface area contributed by atoms with Crippen LogP contribution in [0.1, 0.15) is 19.8 Å². The molecule has 0 fully saturated rings.